The summed E-state index contributed by atoms with van der Waals surface area (Å²) in [6, 6.07) is 9.16. The molecule has 1 aliphatic rings. The minimum Gasteiger partial charge on any atom is -0.496 e. The first-order valence-corrected chi connectivity index (χ1v) is 10.8. The summed E-state index contributed by atoms with van der Waals surface area (Å²) >= 11 is 0. The molecular formula is C20H28N2O3S. The van der Waals surface area contributed by atoms with Crippen LogP contribution in [0.1, 0.15) is 33.1 Å². The lowest BCUT2D eigenvalue weighted by Gasteiger charge is -2.28. The average Bonchev–Trinajstić information content (AvgIpc) is 3.09. The number of benzene rings is 1. The Balaban J connectivity index is 1.99. The van der Waals surface area contributed by atoms with Gasteiger partial charge in [0.2, 0.25) is 0 Å². The number of hydrogen-bond donors (Lipinski definition) is 0. The van der Waals surface area contributed by atoms with Gasteiger partial charge in [-0.15, -0.1) is 0 Å². The first-order chi connectivity index (χ1) is 12.4. The van der Waals surface area contributed by atoms with E-state index in [-0.39, 0.29) is 0 Å². The van der Waals surface area contributed by atoms with Crippen LogP contribution in [0.15, 0.2) is 41.4 Å². The molecule has 1 aliphatic heterocycles. The van der Waals surface area contributed by atoms with Gasteiger partial charge in [-0.1, -0.05) is 6.42 Å². The molecule has 0 unspecified atom stereocenters. The largest absolute Gasteiger partial charge is 0.496 e. The highest BCUT2D eigenvalue weighted by Gasteiger charge is 2.22. The molecule has 0 bridgehead atoms. The second kappa shape index (κ2) is 7.84. The molecule has 1 aromatic carbocycles. The Bertz CT molecular complexity index is 850. The minimum absolute atomic E-state index is 0.342. The monoisotopic (exact) mass is 376 g/mol. The van der Waals surface area contributed by atoms with E-state index in [1.165, 1.54) is 19.3 Å². The molecule has 1 saturated heterocycles. The van der Waals surface area contributed by atoms with Crippen LogP contribution in [0.3, 0.4) is 0 Å². The van der Waals surface area contributed by atoms with Gasteiger partial charge in [-0.3, -0.25) is 4.90 Å². The van der Waals surface area contributed by atoms with Crippen molar-refractivity contribution in [2.24, 2.45) is 0 Å². The van der Waals surface area contributed by atoms with Gasteiger partial charge in [-0.05, 0) is 70.1 Å². The molecule has 0 spiro atoms. The SMILES string of the molecule is COc1ccc(S(=O)(=O)C(C)C)cc1-c1cccn1CN1CCCCC1. The molecule has 142 valence electrons. The molecule has 0 radical (unpaired) electrons. The molecular weight excluding hydrogens is 348 g/mol. The number of likely N-dealkylation sites (tertiary alicyclic amines) is 1. The third-order valence-electron chi connectivity index (χ3n) is 5.03. The van der Waals surface area contributed by atoms with Crippen molar-refractivity contribution < 1.29 is 13.2 Å². The summed E-state index contributed by atoms with van der Waals surface area (Å²) < 4.78 is 32.9. The number of ether oxygens (including phenoxy) is 1. The number of sulfone groups is 1. The minimum atomic E-state index is -3.33. The topological polar surface area (TPSA) is 51.5 Å². The fourth-order valence-corrected chi connectivity index (χ4v) is 4.52. The quantitative estimate of drug-likeness (QED) is 0.770. The maximum absolute atomic E-state index is 12.6. The summed E-state index contributed by atoms with van der Waals surface area (Å²) in [4.78, 5) is 2.78. The Morgan fingerprint density at radius 1 is 1.12 bits per heavy atom. The van der Waals surface area contributed by atoms with Crippen molar-refractivity contribution in [3.63, 3.8) is 0 Å². The van der Waals surface area contributed by atoms with Crippen LogP contribution in [-0.2, 0) is 16.5 Å². The van der Waals surface area contributed by atoms with Crippen LogP contribution in [0.2, 0.25) is 0 Å². The molecule has 0 atom stereocenters. The van der Waals surface area contributed by atoms with E-state index < -0.39 is 15.1 Å². The van der Waals surface area contributed by atoms with E-state index >= 15 is 0 Å². The van der Waals surface area contributed by atoms with E-state index in [0.29, 0.717) is 10.6 Å². The van der Waals surface area contributed by atoms with Crippen LogP contribution in [0.25, 0.3) is 11.3 Å². The lowest BCUT2D eigenvalue weighted by atomic mass is 10.1. The van der Waals surface area contributed by atoms with Gasteiger partial charge in [0.1, 0.15) is 5.75 Å². The van der Waals surface area contributed by atoms with E-state index in [0.717, 1.165) is 31.0 Å². The molecule has 2 aromatic rings. The number of rotatable bonds is 6. The van der Waals surface area contributed by atoms with Gasteiger partial charge in [0.05, 0.1) is 29.6 Å². The number of aromatic nitrogens is 1. The van der Waals surface area contributed by atoms with E-state index in [9.17, 15) is 8.42 Å². The summed E-state index contributed by atoms with van der Waals surface area (Å²) in [6.45, 7) is 6.44. The lowest BCUT2D eigenvalue weighted by molar-refractivity contribution is 0.183. The van der Waals surface area contributed by atoms with Crippen LogP contribution in [0.4, 0.5) is 0 Å². The van der Waals surface area contributed by atoms with Gasteiger partial charge < -0.3 is 9.30 Å². The van der Waals surface area contributed by atoms with Gasteiger partial charge in [-0.25, -0.2) is 8.42 Å². The standard InChI is InChI=1S/C20H28N2O3S/c1-16(2)26(23,24)17-9-10-20(25-3)18(14-17)19-8-7-13-22(19)15-21-11-5-4-6-12-21/h7-10,13-14,16H,4-6,11-12,15H2,1-3H3. The smallest absolute Gasteiger partial charge is 0.180 e. The van der Waals surface area contributed by atoms with E-state index in [1.807, 2.05) is 18.3 Å². The molecule has 0 N–H and O–H groups in total. The van der Waals surface area contributed by atoms with Gasteiger partial charge >= 0.3 is 0 Å². The normalized spacial score (nSPS) is 16.2. The lowest BCUT2D eigenvalue weighted by Crippen LogP contribution is -2.31. The maximum atomic E-state index is 12.6. The van der Waals surface area contributed by atoms with Crippen LogP contribution in [-0.4, -0.2) is 43.3 Å². The Hall–Kier alpha value is -1.79. The second-order valence-electron chi connectivity index (χ2n) is 7.14. The average molecular weight is 377 g/mol. The highest BCUT2D eigenvalue weighted by molar-refractivity contribution is 7.92. The third kappa shape index (κ3) is 3.81. The van der Waals surface area contributed by atoms with Crippen LogP contribution >= 0.6 is 0 Å². The highest BCUT2D eigenvalue weighted by Crippen LogP contribution is 2.34. The van der Waals surface area contributed by atoms with Crippen molar-refractivity contribution in [3.05, 3.63) is 36.5 Å². The summed E-state index contributed by atoms with van der Waals surface area (Å²) in [5.41, 5.74) is 1.80. The molecule has 1 aromatic heterocycles. The van der Waals surface area contributed by atoms with Crippen molar-refractivity contribution in [2.75, 3.05) is 20.2 Å². The molecule has 3 rings (SSSR count). The number of methoxy groups -OCH3 is 1. The molecule has 0 aliphatic carbocycles. The zero-order valence-electron chi connectivity index (χ0n) is 15.8. The second-order valence-corrected chi connectivity index (χ2v) is 9.64. The van der Waals surface area contributed by atoms with E-state index in [2.05, 4.69) is 9.47 Å². The van der Waals surface area contributed by atoms with Crippen molar-refractivity contribution in [2.45, 2.75) is 49.9 Å². The zero-order valence-corrected chi connectivity index (χ0v) is 16.6. The molecule has 0 amide bonds. The van der Waals surface area contributed by atoms with Crippen molar-refractivity contribution >= 4 is 9.84 Å². The number of piperidine rings is 1. The van der Waals surface area contributed by atoms with Crippen LogP contribution in [0.5, 0.6) is 5.75 Å². The Kier molecular flexibility index (Phi) is 5.73. The van der Waals surface area contributed by atoms with Crippen molar-refractivity contribution in [3.8, 4) is 17.0 Å². The zero-order chi connectivity index (χ0) is 18.7. The molecule has 26 heavy (non-hydrogen) atoms. The molecule has 0 saturated carbocycles. The summed E-state index contributed by atoms with van der Waals surface area (Å²) in [5.74, 6) is 0.686. The summed E-state index contributed by atoms with van der Waals surface area (Å²) in [5, 5.41) is -0.455. The van der Waals surface area contributed by atoms with Gasteiger partial charge in [0.15, 0.2) is 9.84 Å². The molecule has 6 heteroatoms. The van der Waals surface area contributed by atoms with Gasteiger partial charge in [0.25, 0.3) is 0 Å². The van der Waals surface area contributed by atoms with Crippen molar-refractivity contribution in [1.82, 2.24) is 9.47 Å². The predicted molar refractivity (Wildman–Crippen MR) is 104 cm³/mol. The first kappa shape index (κ1) is 19.0. The van der Waals surface area contributed by atoms with E-state index in [4.69, 9.17) is 4.74 Å². The summed E-state index contributed by atoms with van der Waals surface area (Å²) in [6.07, 6.45) is 5.83. The van der Waals surface area contributed by atoms with Gasteiger partial charge in [0, 0.05) is 11.8 Å². The molecule has 1 fully saturated rings. The van der Waals surface area contributed by atoms with Crippen LogP contribution < -0.4 is 4.74 Å². The molecule has 2 heterocycles. The van der Waals surface area contributed by atoms with E-state index in [1.54, 1.807) is 39.2 Å². The Morgan fingerprint density at radius 2 is 1.85 bits per heavy atom. The fourth-order valence-electron chi connectivity index (χ4n) is 3.43. The predicted octanol–water partition coefficient (Wildman–Crippen LogP) is 3.79. The van der Waals surface area contributed by atoms with Crippen molar-refractivity contribution in [1.29, 1.82) is 0 Å². The fraction of sp³-hybridized carbons (Fsp3) is 0.500. The Morgan fingerprint density at radius 3 is 2.50 bits per heavy atom. The molecule has 5 nitrogen and oxygen atoms in total. The maximum Gasteiger partial charge on any atom is 0.180 e. The highest BCUT2D eigenvalue weighted by atomic mass is 32.2. The van der Waals surface area contributed by atoms with Gasteiger partial charge in [-0.2, -0.15) is 0 Å². The number of hydrogen-bond acceptors (Lipinski definition) is 4. The Labute approximate surface area is 156 Å². The third-order valence-corrected chi connectivity index (χ3v) is 7.18. The first-order valence-electron chi connectivity index (χ1n) is 9.23. The van der Waals surface area contributed by atoms with Crippen LogP contribution in [0, 0.1) is 0 Å². The number of nitrogens with zero attached hydrogens (tertiary/aromatic N) is 2. The summed E-state index contributed by atoms with van der Waals surface area (Å²) in [7, 11) is -1.71.